The minimum absolute atomic E-state index is 0.0622. The number of nitrogens with one attached hydrogen (secondary N) is 1. The number of hydrogen-bond donors (Lipinski definition) is 1. The molecule has 0 spiro atoms. The third-order valence-corrected chi connectivity index (χ3v) is 5.85. The van der Waals surface area contributed by atoms with Gasteiger partial charge in [0, 0.05) is 52.4 Å². The summed E-state index contributed by atoms with van der Waals surface area (Å²) in [6, 6.07) is 6.65. The second-order valence-electron chi connectivity index (χ2n) is 8.00. The van der Waals surface area contributed by atoms with E-state index in [1.165, 1.54) is 44.9 Å². The van der Waals surface area contributed by atoms with Crippen LogP contribution >= 0.6 is 0 Å². The van der Waals surface area contributed by atoms with Gasteiger partial charge in [0.05, 0.1) is 0 Å². The van der Waals surface area contributed by atoms with E-state index in [1.54, 1.807) is 0 Å². The Kier molecular flexibility index (Phi) is 7.47. The van der Waals surface area contributed by atoms with Crippen LogP contribution in [-0.2, 0) is 6.42 Å². The average molecular weight is 377 g/mol. The maximum atomic E-state index is 12.9. The van der Waals surface area contributed by atoms with Gasteiger partial charge < -0.3 is 20.0 Å². The van der Waals surface area contributed by atoms with Crippen LogP contribution in [0.3, 0.4) is 0 Å². The molecule has 3 rings (SSSR count). The number of carbonyl (C=O) groups is 1. The minimum atomic E-state index is -0.205. The van der Waals surface area contributed by atoms with Crippen LogP contribution in [0.2, 0.25) is 0 Å². The zero-order valence-electron chi connectivity index (χ0n) is 16.5. The molecule has 0 aromatic heterocycles. The summed E-state index contributed by atoms with van der Waals surface area (Å²) in [5, 5.41) is 3.03. The van der Waals surface area contributed by atoms with Crippen LogP contribution < -0.4 is 5.32 Å². The van der Waals surface area contributed by atoms with Crippen molar-refractivity contribution in [1.29, 1.82) is 0 Å². The van der Waals surface area contributed by atoms with E-state index in [4.69, 9.17) is 0 Å². The lowest BCUT2D eigenvalue weighted by atomic mass is 9.96. The van der Waals surface area contributed by atoms with Crippen LogP contribution in [-0.4, -0.2) is 80.1 Å². The van der Waals surface area contributed by atoms with Gasteiger partial charge in [0.1, 0.15) is 5.82 Å². The summed E-state index contributed by atoms with van der Waals surface area (Å²) in [6.07, 6.45) is 3.94. The van der Waals surface area contributed by atoms with Crippen molar-refractivity contribution in [2.75, 3.05) is 59.4 Å². The molecule has 5 nitrogen and oxygen atoms in total. The summed E-state index contributed by atoms with van der Waals surface area (Å²) in [7, 11) is 2.19. The largest absolute Gasteiger partial charge is 0.338 e. The second kappa shape index (κ2) is 10.0. The number of likely N-dealkylation sites (N-methyl/N-ethyl adjacent to an activating group) is 1. The number of aryl methyl sites for hydroxylation is 1. The zero-order valence-corrected chi connectivity index (χ0v) is 16.5. The predicted molar refractivity (Wildman–Crippen MR) is 106 cm³/mol. The van der Waals surface area contributed by atoms with E-state index in [0.29, 0.717) is 6.54 Å². The van der Waals surface area contributed by atoms with Crippen molar-refractivity contribution in [3.8, 4) is 0 Å². The van der Waals surface area contributed by atoms with Crippen LogP contribution in [0.25, 0.3) is 0 Å². The standard InChI is InChI=1S/C21H33FN4O/c1-24-13-15-25(16-14-24)17-19-8-11-26(12-9-19)21(27)23-10-2-3-18-4-6-20(22)7-5-18/h4-7,19H,2-3,8-17H2,1H3,(H,23,27). The van der Waals surface area contributed by atoms with Crippen molar-refractivity contribution < 1.29 is 9.18 Å². The second-order valence-corrected chi connectivity index (χ2v) is 8.00. The molecule has 150 valence electrons. The van der Waals surface area contributed by atoms with Crippen molar-refractivity contribution in [1.82, 2.24) is 20.0 Å². The Morgan fingerprint density at radius 1 is 1.07 bits per heavy atom. The van der Waals surface area contributed by atoms with Gasteiger partial charge in [-0.25, -0.2) is 9.18 Å². The molecule has 0 bridgehead atoms. The van der Waals surface area contributed by atoms with Gasteiger partial charge in [-0.15, -0.1) is 0 Å². The lowest BCUT2D eigenvalue weighted by Crippen LogP contribution is -2.49. The van der Waals surface area contributed by atoms with Gasteiger partial charge >= 0.3 is 6.03 Å². The molecule has 2 saturated heterocycles. The summed E-state index contributed by atoms with van der Waals surface area (Å²) in [4.78, 5) is 19.3. The molecule has 0 saturated carbocycles. The summed E-state index contributed by atoms with van der Waals surface area (Å²) in [6.45, 7) is 8.25. The van der Waals surface area contributed by atoms with Gasteiger partial charge in [0.15, 0.2) is 0 Å². The molecule has 1 aromatic rings. The van der Waals surface area contributed by atoms with Crippen LogP contribution in [0.15, 0.2) is 24.3 Å². The molecule has 2 amide bonds. The fraction of sp³-hybridized carbons (Fsp3) is 0.667. The lowest BCUT2D eigenvalue weighted by Gasteiger charge is -2.37. The lowest BCUT2D eigenvalue weighted by molar-refractivity contribution is 0.111. The number of halogens is 1. The Bertz CT molecular complexity index is 578. The molecule has 2 fully saturated rings. The molecular formula is C21H33FN4O. The highest BCUT2D eigenvalue weighted by molar-refractivity contribution is 5.74. The first-order chi connectivity index (χ1) is 13.1. The highest BCUT2D eigenvalue weighted by Crippen LogP contribution is 2.19. The third-order valence-electron chi connectivity index (χ3n) is 5.85. The third kappa shape index (κ3) is 6.47. The van der Waals surface area contributed by atoms with Gasteiger partial charge in [0.2, 0.25) is 0 Å². The molecule has 2 aliphatic heterocycles. The monoisotopic (exact) mass is 376 g/mol. The van der Waals surface area contributed by atoms with E-state index in [2.05, 4.69) is 22.2 Å². The van der Waals surface area contributed by atoms with Crippen molar-refractivity contribution in [3.05, 3.63) is 35.6 Å². The highest BCUT2D eigenvalue weighted by atomic mass is 19.1. The van der Waals surface area contributed by atoms with Gasteiger partial charge in [-0.05, 0) is 56.3 Å². The summed E-state index contributed by atoms with van der Waals surface area (Å²) >= 11 is 0. The Labute approximate surface area is 162 Å². The van der Waals surface area contributed by atoms with E-state index >= 15 is 0 Å². The van der Waals surface area contributed by atoms with E-state index < -0.39 is 0 Å². The SMILES string of the molecule is CN1CCN(CC2CCN(C(=O)NCCCc3ccc(F)cc3)CC2)CC1. The van der Waals surface area contributed by atoms with E-state index in [-0.39, 0.29) is 11.8 Å². The van der Waals surface area contributed by atoms with Crippen LogP contribution in [0, 0.1) is 11.7 Å². The average Bonchev–Trinajstić information content (AvgIpc) is 2.69. The first kappa shape index (κ1) is 20.1. The minimum Gasteiger partial charge on any atom is -0.338 e. The maximum absolute atomic E-state index is 12.9. The first-order valence-corrected chi connectivity index (χ1v) is 10.3. The molecule has 0 radical (unpaired) electrons. The highest BCUT2D eigenvalue weighted by Gasteiger charge is 2.25. The number of rotatable bonds is 6. The number of carbonyl (C=O) groups excluding carboxylic acids is 1. The van der Waals surface area contributed by atoms with Gasteiger partial charge in [-0.1, -0.05) is 12.1 Å². The normalized spacial score (nSPS) is 20.0. The summed E-state index contributed by atoms with van der Waals surface area (Å²) in [5.74, 6) is 0.513. The molecule has 0 unspecified atom stereocenters. The van der Waals surface area contributed by atoms with Crippen molar-refractivity contribution in [3.63, 3.8) is 0 Å². The number of likely N-dealkylation sites (tertiary alicyclic amines) is 1. The Morgan fingerprint density at radius 3 is 2.41 bits per heavy atom. The molecule has 2 aliphatic rings. The summed E-state index contributed by atoms with van der Waals surface area (Å²) in [5.41, 5.74) is 1.11. The first-order valence-electron chi connectivity index (χ1n) is 10.3. The van der Waals surface area contributed by atoms with E-state index in [0.717, 1.165) is 50.3 Å². The molecule has 0 atom stereocenters. The van der Waals surface area contributed by atoms with Crippen molar-refractivity contribution >= 4 is 6.03 Å². The Balaban J connectivity index is 1.28. The molecule has 27 heavy (non-hydrogen) atoms. The number of piperidine rings is 1. The molecular weight excluding hydrogens is 343 g/mol. The maximum Gasteiger partial charge on any atom is 0.317 e. The van der Waals surface area contributed by atoms with Crippen molar-refractivity contribution in [2.24, 2.45) is 5.92 Å². The van der Waals surface area contributed by atoms with Crippen LogP contribution in [0.4, 0.5) is 9.18 Å². The van der Waals surface area contributed by atoms with Crippen LogP contribution in [0.1, 0.15) is 24.8 Å². The van der Waals surface area contributed by atoms with Gasteiger partial charge in [-0.3, -0.25) is 0 Å². The predicted octanol–water partition coefficient (Wildman–Crippen LogP) is 2.43. The number of piperazine rings is 1. The quantitative estimate of drug-likeness (QED) is 0.775. The van der Waals surface area contributed by atoms with E-state index in [9.17, 15) is 9.18 Å². The number of benzene rings is 1. The molecule has 2 heterocycles. The number of amides is 2. The fourth-order valence-electron chi connectivity index (χ4n) is 3.96. The molecule has 0 aliphatic carbocycles. The smallest absolute Gasteiger partial charge is 0.317 e. The van der Waals surface area contributed by atoms with Crippen LogP contribution in [0.5, 0.6) is 0 Å². The summed E-state index contributed by atoms with van der Waals surface area (Å²) < 4.78 is 12.9. The molecule has 1 N–H and O–H groups in total. The molecule has 1 aromatic carbocycles. The van der Waals surface area contributed by atoms with E-state index in [1.807, 2.05) is 17.0 Å². The Morgan fingerprint density at radius 2 is 1.74 bits per heavy atom. The topological polar surface area (TPSA) is 38.8 Å². The number of urea groups is 1. The number of nitrogens with zero attached hydrogens (tertiary/aromatic N) is 3. The molecule has 6 heteroatoms. The van der Waals surface area contributed by atoms with Gasteiger partial charge in [-0.2, -0.15) is 0 Å². The number of hydrogen-bond acceptors (Lipinski definition) is 3. The van der Waals surface area contributed by atoms with Gasteiger partial charge in [0.25, 0.3) is 0 Å². The Hall–Kier alpha value is -1.66. The van der Waals surface area contributed by atoms with Crippen molar-refractivity contribution in [2.45, 2.75) is 25.7 Å². The fourth-order valence-corrected chi connectivity index (χ4v) is 3.96. The zero-order chi connectivity index (χ0) is 19.1.